The molecule has 0 spiro atoms. The molecule has 4 heteroatoms. The van der Waals surface area contributed by atoms with Gasteiger partial charge in [-0.05, 0) is 48.8 Å². The molecule has 0 amide bonds. The molecular weight excluding hydrogens is 316 g/mol. The standard InChI is InChI=1S/C21H20O4/c1-24-19-6-4-3-5-15(19)13-17-9-8-16(21(17)23)11-14-7-10-18(22)20(12-14)25-2/h3-7,10-13,22H,8-9H2,1-2H3/b16-11+,17-13+. The van der Waals surface area contributed by atoms with Crippen LogP contribution in [0.1, 0.15) is 24.0 Å². The molecule has 0 radical (unpaired) electrons. The fourth-order valence-corrected chi connectivity index (χ4v) is 2.94. The molecule has 1 aliphatic rings. The van der Waals surface area contributed by atoms with Crippen LogP contribution in [-0.2, 0) is 4.79 Å². The lowest BCUT2D eigenvalue weighted by molar-refractivity contribution is -0.111. The normalized spacial score (nSPS) is 17.3. The van der Waals surface area contributed by atoms with E-state index in [0.29, 0.717) is 18.6 Å². The summed E-state index contributed by atoms with van der Waals surface area (Å²) >= 11 is 0. The third-order valence-corrected chi connectivity index (χ3v) is 4.26. The Balaban J connectivity index is 1.88. The quantitative estimate of drug-likeness (QED) is 0.849. The van der Waals surface area contributed by atoms with Crippen LogP contribution in [0.15, 0.2) is 53.6 Å². The average Bonchev–Trinajstić information content (AvgIpc) is 2.97. The second-order valence-corrected chi connectivity index (χ2v) is 5.84. The van der Waals surface area contributed by atoms with Gasteiger partial charge >= 0.3 is 0 Å². The third-order valence-electron chi connectivity index (χ3n) is 4.26. The molecule has 2 aromatic rings. The molecule has 1 fully saturated rings. The van der Waals surface area contributed by atoms with E-state index < -0.39 is 0 Å². The van der Waals surface area contributed by atoms with Crippen LogP contribution < -0.4 is 9.47 Å². The third kappa shape index (κ3) is 3.58. The Hall–Kier alpha value is -3.01. The molecule has 0 bridgehead atoms. The topological polar surface area (TPSA) is 55.8 Å². The number of phenolic OH excluding ortho intramolecular Hbond substituents is 1. The van der Waals surface area contributed by atoms with Crippen molar-refractivity contribution >= 4 is 17.9 Å². The molecule has 0 aliphatic heterocycles. The van der Waals surface area contributed by atoms with Crippen molar-refractivity contribution in [2.24, 2.45) is 0 Å². The molecule has 0 saturated heterocycles. The van der Waals surface area contributed by atoms with Crippen LogP contribution >= 0.6 is 0 Å². The zero-order valence-corrected chi connectivity index (χ0v) is 14.3. The maximum absolute atomic E-state index is 12.7. The molecule has 2 aromatic carbocycles. The zero-order valence-electron chi connectivity index (χ0n) is 14.3. The predicted molar refractivity (Wildman–Crippen MR) is 97.8 cm³/mol. The Kier molecular flexibility index (Phi) is 4.89. The average molecular weight is 336 g/mol. The number of hydrogen-bond acceptors (Lipinski definition) is 4. The number of ether oxygens (including phenoxy) is 2. The first kappa shape index (κ1) is 16.8. The van der Waals surface area contributed by atoms with E-state index in [1.165, 1.54) is 7.11 Å². The van der Waals surface area contributed by atoms with E-state index in [1.807, 2.05) is 36.4 Å². The summed E-state index contributed by atoms with van der Waals surface area (Å²) < 4.78 is 10.5. The van der Waals surface area contributed by atoms with Gasteiger partial charge in [0, 0.05) is 16.7 Å². The Morgan fingerprint density at radius 2 is 1.60 bits per heavy atom. The second-order valence-electron chi connectivity index (χ2n) is 5.84. The van der Waals surface area contributed by atoms with E-state index >= 15 is 0 Å². The lowest BCUT2D eigenvalue weighted by atomic mass is 10.1. The monoisotopic (exact) mass is 336 g/mol. The van der Waals surface area contributed by atoms with Gasteiger partial charge in [-0.3, -0.25) is 4.79 Å². The van der Waals surface area contributed by atoms with Gasteiger partial charge in [0.1, 0.15) is 5.75 Å². The van der Waals surface area contributed by atoms with E-state index in [9.17, 15) is 9.90 Å². The van der Waals surface area contributed by atoms with Crippen molar-refractivity contribution in [3.05, 3.63) is 64.7 Å². The smallest absolute Gasteiger partial charge is 0.185 e. The van der Waals surface area contributed by atoms with E-state index in [2.05, 4.69) is 0 Å². The number of carbonyl (C=O) groups is 1. The highest BCUT2D eigenvalue weighted by molar-refractivity contribution is 6.15. The number of para-hydroxylation sites is 1. The fraction of sp³-hybridized carbons (Fsp3) is 0.190. The van der Waals surface area contributed by atoms with Crippen LogP contribution in [0.4, 0.5) is 0 Å². The lowest BCUT2D eigenvalue weighted by Crippen LogP contribution is -1.96. The van der Waals surface area contributed by atoms with Gasteiger partial charge in [0.2, 0.25) is 0 Å². The summed E-state index contributed by atoms with van der Waals surface area (Å²) in [4.78, 5) is 12.7. The number of ketones is 1. The Bertz CT molecular complexity index is 862. The summed E-state index contributed by atoms with van der Waals surface area (Å²) in [7, 11) is 3.12. The minimum Gasteiger partial charge on any atom is -0.504 e. The molecule has 1 aliphatic carbocycles. The van der Waals surface area contributed by atoms with E-state index in [0.717, 1.165) is 28.0 Å². The first-order valence-corrected chi connectivity index (χ1v) is 8.08. The van der Waals surface area contributed by atoms with Crippen molar-refractivity contribution in [3.8, 4) is 17.2 Å². The van der Waals surface area contributed by atoms with Crippen LogP contribution in [-0.4, -0.2) is 25.1 Å². The summed E-state index contributed by atoms with van der Waals surface area (Å²) in [6.45, 7) is 0. The zero-order chi connectivity index (χ0) is 17.8. The number of phenols is 1. The molecular formula is C21H20O4. The Labute approximate surface area is 147 Å². The number of allylic oxidation sites excluding steroid dienone is 2. The molecule has 0 atom stereocenters. The van der Waals surface area contributed by atoms with Crippen LogP contribution in [0.3, 0.4) is 0 Å². The second kappa shape index (κ2) is 7.26. The summed E-state index contributed by atoms with van der Waals surface area (Å²) in [5.41, 5.74) is 3.27. The first-order chi connectivity index (χ1) is 12.1. The number of Topliss-reactive ketones (excluding diaryl/α,β-unsaturated/α-hetero) is 1. The van der Waals surface area contributed by atoms with Crippen molar-refractivity contribution in [3.63, 3.8) is 0 Å². The summed E-state index contributed by atoms with van der Waals surface area (Å²) in [5.74, 6) is 1.28. The van der Waals surface area contributed by atoms with Crippen LogP contribution in [0.2, 0.25) is 0 Å². The molecule has 128 valence electrons. The van der Waals surface area contributed by atoms with E-state index in [1.54, 1.807) is 25.3 Å². The molecule has 0 unspecified atom stereocenters. The molecule has 0 aromatic heterocycles. The van der Waals surface area contributed by atoms with Crippen molar-refractivity contribution < 1.29 is 19.4 Å². The summed E-state index contributed by atoms with van der Waals surface area (Å²) in [5, 5.41) is 9.67. The van der Waals surface area contributed by atoms with Crippen molar-refractivity contribution in [2.45, 2.75) is 12.8 Å². The first-order valence-electron chi connectivity index (χ1n) is 8.08. The Morgan fingerprint density at radius 1 is 0.920 bits per heavy atom. The van der Waals surface area contributed by atoms with Crippen molar-refractivity contribution in [2.75, 3.05) is 14.2 Å². The van der Waals surface area contributed by atoms with Crippen molar-refractivity contribution in [1.82, 2.24) is 0 Å². The number of methoxy groups -OCH3 is 2. The maximum atomic E-state index is 12.7. The number of carbonyl (C=O) groups excluding carboxylic acids is 1. The van der Waals surface area contributed by atoms with Gasteiger partial charge < -0.3 is 14.6 Å². The molecule has 4 nitrogen and oxygen atoms in total. The van der Waals surface area contributed by atoms with Gasteiger partial charge in [0.05, 0.1) is 14.2 Å². The minimum absolute atomic E-state index is 0.0537. The van der Waals surface area contributed by atoms with Gasteiger partial charge in [0.15, 0.2) is 17.3 Å². The fourth-order valence-electron chi connectivity index (χ4n) is 2.94. The van der Waals surface area contributed by atoms with Gasteiger partial charge in [-0.1, -0.05) is 24.3 Å². The Morgan fingerprint density at radius 3 is 2.32 bits per heavy atom. The molecule has 1 N–H and O–H groups in total. The largest absolute Gasteiger partial charge is 0.504 e. The SMILES string of the molecule is COc1cc(/C=C2\CC/C(=C\c3ccccc3OC)C2=O)ccc1O. The number of rotatable bonds is 4. The van der Waals surface area contributed by atoms with Gasteiger partial charge in [-0.2, -0.15) is 0 Å². The van der Waals surface area contributed by atoms with Crippen LogP contribution in [0.25, 0.3) is 12.2 Å². The van der Waals surface area contributed by atoms with Gasteiger partial charge in [-0.15, -0.1) is 0 Å². The summed E-state index contributed by atoms with van der Waals surface area (Å²) in [6, 6.07) is 12.7. The van der Waals surface area contributed by atoms with Crippen molar-refractivity contribution in [1.29, 1.82) is 0 Å². The molecule has 25 heavy (non-hydrogen) atoms. The lowest BCUT2D eigenvalue weighted by Gasteiger charge is -2.05. The number of benzene rings is 2. The highest BCUT2D eigenvalue weighted by Crippen LogP contribution is 2.33. The molecule has 3 rings (SSSR count). The van der Waals surface area contributed by atoms with Crippen LogP contribution in [0.5, 0.6) is 17.2 Å². The molecule has 1 saturated carbocycles. The highest BCUT2D eigenvalue weighted by Gasteiger charge is 2.23. The van der Waals surface area contributed by atoms with E-state index in [4.69, 9.17) is 9.47 Å². The van der Waals surface area contributed by atoms with Gasteiger partial charge in [0.25, 0.3) is 0 Å². The molecule has 0 heterocycles. The number of hydrogen-bond donors (Lipinski definition) is 1. The predicted octanol–water partition coefficient (Wildman–Crippen LogP) is 4.24. The van der Waals surface area contributed by atoms with Crippen LogP contribution in [0, 0.1) is 0 Å². The summed E-state index contributed by atoms with van der Waals surface area (Å²) in [6.07, 6.45) is 5.16. The number of aromatic hydroxyl groups is 1. The van der Waals surface area contributed by atoms with E-state index in [-0.39, 0.29) is 11.5 Å². The maximum Gasteiger partial charge on any atom is 0.185 e. The minimum atomic E-state index is 0.0537. The van der Waals surface area contributed by atoms with Gasteiger partial charge in [-0.25, -0.2) is 0 Å². The highest BCUT2D eigenvalue weighted by atomic mass is 16.5.